The second-order valence-corrected chi connectivity index (χ2v) is 6.89. The Morgan fingerprint density at radius 2 is 2.00 bits per heavy atom. The molecule has 0 radical (unpaired) electrons. The van der Waals surface area contributed by atoms with Gasteiger partial charge in [0.25, 0.3) is 0 Å². The minimum absolute atomic E-state index is 0.190. The van der Waals surface area contributed by atoms with Crippen LogP contribution < -0.4 is 11.1 Å². The molecule has 0 aromatic rings. The van der Waals surface area contributed by atoms with Gasteiger partial charge in [-0.25, -0.2) is 0 Å². The van der Waals surface area contributed by atoms with E-state index in [0.29, 0.717) is 17.4 Å². The third-order valence-corrected chi connectivity index (χ3v) is 5.05. The monoisotopic (exact) mass is 252 g/mol. The Balaban J connectivity index is 1.80. The Bertz CT molecular complexity index is 297. The fourth-order valence-electron chi connectivity index (χ4n) is 3.66. The Morgan fingerprint density at radius 1 is 1.33 bits per heavy atom. The van der Waals surface area contributed by atoms with Gasteiger partial charge in [0.1, 0.15) is 0 Å². The lowest BCUT2D eigenvalue weighted by Crippen LogP contribution is -2.43. The summed E-state index contributed by atoms with van der Waals surface area (Å²) in [6.45, 7) is 5.34. The summed E-state index contributed by atoms with van der Waals surface area (Å²) in [5.41, 5.74) is 6.30. The van der Waals surface area contributed by atoms with Crippen molar-refractivity contribution in [1.82, 2.24) is 5.32 Å². The standard InChI is InChI=1S/C15H28N2O/c1-11-9-12(16)5-6-13(11)14(18)17-10-15(2)7-3-4-8-15/h11-13H,3-10,16H2,1-2H3,(H,17,18). The normalized spacial score (nSPS) is 35.4. The van der Waals surface area contributed by atoms with Crippen LogP contribution in [0.5, 0.6) is 0 Å². The summed E-state index contributed by atoms with van der Waals surface area (Å²) in [6.07, 6.45) is 8.12. The van der Waals surface area contributed by atoms with Crippen molar-refractivity contribution < 1.29 is 4.79 Å². The maximum atomic E-state index is 12.3. The summed E-state index contributed by atoms with van der Waals surface area (Å²) in [7, 11) is 0. The molecule has 2 saturated carbocycles. The zero-order valence-electron chi connectivity index (χ0n) is 11.9. The SMILES string of the molecule is CC1CC(N)CCC1C(=O)NCC1(C)CCCC1. The molecule has 3 atom stereocenters. The van der Waals surface area contributed by atoms with Gasteiger partial charge in [-0.3, -0.25) is 4.79 Å². The Morgan fingerprint density at radius 3 is 2.61 bits per heavy atom. The van der Waals surface area contributed by atoms with Crippen LogP contribution in [0, 0.1) is 17.3 Å². The van der Waals surface area contributed by atoms with E-state index in [4.69, 9.17) is 5.73 Å². The largest absolute Gasteiger partial charge is 0.355 e. The topological polar surface area (TPSA) is 55.1 Å². The van der Waals surface area contributed by atoms with Crippen molar-refractivity contribution in [2.24, 2.45) is 23.0 Å². The second kappa shape index (κ2) is 5.60. The zero-order valence-corrected chi connectivity index (χ0v) is 11.9. The van der Waals surface area contributed by atoms with Gasteiger partial charge in [-0.15, -0.1) is 0 Å². The highest BCUT2D eigenvalue weighted by atomic mass is 16.1. The molecule has 0 aromatic heterocycles. The number of nitrogens with two attached hydrogens (primary N) is 1. The fraction of sp³-hybridized carbons (Fsp3) is 0.933. The number of carbonyl (C=O) groups excluding carboxylic acids is 1. The van der Waals surface area contributed by atoms with Crippen molar-refractivity contribution in [1.29, 1.82) is 0 Å². The van der Waals surface area contributed by atoms with Gasteiger partial charge < -0.3 is 11.1 Å². The van der Waals surface area contributed by atoms with Crippen LogP contribution in [0.4, 0.5) is 0 Å². The number of nitrogens with one attached hydrogen (secondary N) is 1. The van der Waals surface area contributed by atoms with Crippen LogP contribution >= 0.6 is 0 Å². The summed E-state index contributed by atoms with van der Waals surface area (Å²) in [4.78, 5) is 12.3. The molecule has 3 unspecified atom stereocenters. The molecule has 0 saturated heterocycles. The molecule has 0 aromatic carbocycles. The van der Waals surface area contributed by atoms with Crippen LogP contribution in [0.2, 0.25) is 0 Å². The molecule has 3 nitrogen and oxygen atoms in total. The minimum atomic E-state index is 0.190. The predicted octanol–water partition coefficient (Wildman–Crippen LogP) is 2.45. The molecule has 3 heteroatoms. The van der Waals surface area contributed by atoms with E-state index < -0.39 is 0 Å². The van der Waals surface area contributed by atoms with Crippen LogP contribution in [-0.4, -0.2) is 18.5 Å². The Hall–Kier alpha value is -0.570. The molecule has 2 aliphatic carbocycles. The Kier molecular flexibility index (Phi) is 4.31. The van der Waals surface area contributed by atoms with Gasteiger partial charge in [-0.05, 0) is 43.4 Å². The molecule has 1 amide bonds. The number of hydrogen-bond acceptors (Lipinski definition) is 2. The first-order valence-electron chi connectivity index (χ1n) is 7.53. The van der Waals surface area contributed by atoms with E-state index in [-0.39, 0.29) is 11.8 Å². The third kappa shape index (κ3) is 3.25. The zero-order chi connectivity index (χ0) is 13.2. The van der Waals surface area contributed by atoms with Crippen LogP contribution in [0.3, 0.4) is 0 Å². The van der Waals surface area contributed by atoms with Crippen LogP contribution in [0.15, 0.2) is 0 Å². The molecule has 18 heavy (non-hydrogen) atoms. The first-order valence-corrected chi connectivity index (χ1v) is 7.53. The van der Waals surface area contributed by atoms with Crippen molar-refractivity contribution in [3.8, 4) is 0 Å². The third-order valence-electron chi connectivity index (χ3n) is 5.05. The van der Waals surface area contributed by atoms with Crippen molar-refractivity contribution in [3.05, 3.63) is 0 Å². The maximum Gasteiger partial charge on any atom is 0.223 e. The first-order chi connectivity index (χ1) is 8.50. The van der Waals surface area contributed by atoms with E-state index in [2.05, 4.69) is 19.2 Å². The summed E-state index contributed by atoms with van der Waals surface area (Å²) in [5.74, 6) is 0.891. The molecule has 3 N–H and O–H groups in total. The average Bonchev–Trinajstić information content (AvgIpc) is 2.74. The van der Waals surface area contributed by atoms with Gasteiger partial charge in [0, 0.05) is 18.5 Å². The summed E-state index contributed by atoms with van der Waals surface area (Å²) in [5, 5.41) is 3.20. The molecule has 0 spiro atoms. The summed E-state index contributed by atoms with van der Waals surface area (Å²) in [6, 6.07) is 0.302. The van der Waals surface area contributed by atoms with E-state index in [1.54, 1.807) is 0 Å². The fourth-order valence-corrected chi connectivity index (χ4v) is 3.66. The molecule has 2 fully saturated rings. The van der Waals surface area contributed by atoms with E-state index in [0.717, 1.165) is 25.8 Å². The quantitative estimate of drug-likeness (QED) is 0.810. The van der Waals surface area contributed by atoms with Crippen LogP contribution in [-0.2, 0) is 4.79 Å². The lowest BCUT2D eigenvalue weighted by atomic mass is 9.77. The predicted molar refractivity (Wildman–Crippen MR) is 74.1 cm³/mol. The molecule has 0 heterocycles. The smallest absolute Gasteiger partial charge is 0.223 e. The molecule has 2 rings (SSSR count). The molecule has 2 aliphatic rings. The molecular formula is C15H28N2O. The molecule has 104 valence electrons. The summed E-state index contributed by atoms with van der Waals surface area (Å²) < 4.78 is 0. The van der Waals surface area contributed by atoms with Crippen molar-refractivity contribution >= 4 is 5.91 Å². The van der Waals surface area contributed by atoms with Gasteiger partial charge in [-0.2, -0.15) is 0 Å². The number of amides is 1. The Labute approximate surface area is 111 Å². The number of rotatable bonds is 3. The second-order valence-electron chi connectivity index (χ2n) is 6.89. The van der Waals surface area contributed by atoms with Gasteiger partial charge in [-0.1, -0.05) is 26.7 Å². The van der Waals surface area contributed by atoms with Gasteiger partial charge in [0.05, 0.1) is 0 Å². The van der Waals surface area contributed by atoms with Gasteiger partial charge in [0.2, 0.25) is 5.91 Å². The van der Waals surface area contributed by atoms with E-state index in [1.807, 2.05) is 0 Å². The van der Waals surface area contributed by atoms with Crippen LogP contribution in [0.1, 0.15) is 58.8 Å². The highest BCUT2D eigenvalue weighted by molar-refractivity contribution is 5.79. The van der Waals surface area contributed by atoms with Crippen molar-refractivity contribution in [3.63, 3.8) is 0 Å². The highest BCUT2D eigenvalue weighted by Gasteiger charge is 2.33. The van der Waals surface area contributed by atoms with Crippen molar-refractivity contribution in [2.75, 3.05) is 6.54 Å². The summed E-state index contributed by atoms with van der Waals surface area (Å²) >= 11 is 0. The molecule has 0 aliphatic heterocycles. The maximum absolute atomic E-state index is 12.3. The average molecular weight is 252 g/mol. The van der Waals surface area contributed by atoms with Gasteiger partial charge in [0.15, 0.2) is 0 Å². The lowest BCUT2D eigenvalue weighted by molar-refractivity contribution is -0.128. The van der Waals surface area contributed by atoms with E-state index in [1.165, 1.54) is 25.7 Å². The minimum Gasteiger partial charge on any atom is -0.355 e. The van der Waals surface area contributed by atoms with E-state index in [9.17, 15) is 4.79 Å². The number of hydrogen-bond donors (Lipinski definition) is 2. The van der Waals surface area contributed by atoms with Crippen LogP contribution in [0.25, 0.3) is 0 Å². The lowest BCUT2D eigenvalue weighted by Gasteiger charge is -2.32. The molecular weight excluding hydrogens is 224 g/mol. The highest BCUT2D eigenvalue weighted by Crippen LogP contribution is 2.37. The van der Waals surface area contributed by atoms with Crippen molar-refractivity contribution in [2.45, 2.75) is 64.8 Å². The van der Waals surface area contributed by atoms with Gasteiger partial charge >= 0.3 is 0 Å². The van der Waals surface area contributed by atoms with E-state index >= 15 is 0 Å². The first kappa shape index (κ1) is 13.9. The number of carbonyl (C=O) groups is 1. The molecule has 0 bridgehead atoms.